The lowest BCUT2D eigenvalue weighted by atomic mass is 9.86. The summed E-state index contributed by atoms with van der Waals surface area (Å²) in [4.78, 5) is 10.9. The van der Waals surface area contributed by atoms with Crippen LogP contribution in [0.5, 0.6) is 23.0 Å². The quantitative estimate of drug-likeness (QED) is 0.173. The predicted molar refractivity (Wildman–Crippen MR) is 165 cm³/mol. The zero-order valence-corrected chi connectivity index (χ0v) is 26.1. The normalized spacial score (nSPS) is 15.9. The van der Waals surface area contributed by atoms with Crippen molar-refractivity contribution >= 4 is 5.97 Å². The summed E-state index contributed by atoms with van der Waals surface area (Å²) in [6.07, 6.45) is 2.26. The van der Waals surface area contributed by atoms with Gasteiger partial charge in [-0.05, 0) is 73.4 Å². The van der Waals surface area contributed by atoms with Gasteiger partial charge in [-0.2, -0.15) is 0 Å². The minimum absolute atomic E-state index is 0.142. The van der Waals surface area contributed by atoms with Crippen LogP contribution in [0, 0.1) is 12.3 Å². The average Bonchev–Trinajstić information content (AvgIpc) is 2.99. The molecule has 232 valence electrons. The molecular weight excluding hydrogens is 548 g/mol. The van der Waals surface area contributed by atoms with E-state index in [0.717, 1.165) is 36.0 Å². The third-order valence-corrected chi connectivity index (χ3v) is 7.21. The number of esters is 1. The van der Waals surface area contributed by atoms with Crippen molar-refractivity contribution < 1.29 is 38.3 Å². The minimum atomic E-state index is -0.837. The summed E-state index contributed by atoms with van der Waals surface area (Å²) in [5, 5.41) is 11.1. The van der Waals surface area contributed by atoms with Gasteiger partial charge in [0.1, 0.15) is 12.4 Å². The fraction of sp³-hybridized carbons (Fsp3) is 0.457. The Morgan fingerprint density at radius 3 is 2.42 bits per heavy atom. The van der Waals surface area contributed by atoms with Crippen molar-refractivity contribution in [1.82, 2.24) is 0 Å². The lowest BCUT2D eigenvalue weighted by molar-refractivity contribution is -0.169. The summed E-state index contributed by atoms with van der Waals surface area (Å²) in [7, 11) is 2.85. The first-order valence-corrected chi connectivity index (χ1v) is 14.8. The second-order valence-corrected chi connectivity index (χ2v) is 12.1. The van der Waals surface area contributed by atoms with Crippen molar-refractivity contribution in [3.05, 3.63) is 82.4 Å². The molecule has 3 aromatic carbocycles. The molecule has 0 amide bonds. The molecule has 1 saturated heterocycles. The van der Waals surface area contributed by atoms with Crippen molar-refractivity contribution in [2.24, 2.45) is 5.41 Å². The fourth-order valence-corrected chi connectivity index (χ4v) is 5.16. The zero-order valence-electron chi connectivity index (χ0n) is 26.1. The summed E-state index contributed by atoms with van der Waals surface area (Å²) in [5.74, 6) is 1.09. The van der Waals surface area contributed by atoms with Crippen LogP contribution in [0.3, 0.4) is 0 Å². The second-order valence-electron chi connectivity index (χ2n) is 12.1. The number of aliphatic hydroxyl groups is 1. The molecule has 0 bridgehead atoms. The highest BCUT2D eigenvalue weighted by Gasteiger charge is 2.32. The van der Waals surface area contributed by atoms with Crippen LogP contribution in [0.4, 0.5) is 0 Å². The first kappa shape index (κ1) is 32.3. The number of carbonyl (C=O) groups excluding carboxylic acids is 1. The molecule has 43 heavy (non-hydrogen) atoms. The molecule has 1 aliphatic heterocycles. The molecule has 2 atom stereocenters. The van der Waals surface area contributed by atoms with E-state index in [1.54, 1.807) is 12.1 Å². The molecule has 0 spiro atoms. The van der Waals surface area contributed by atoms with E-state index in [2.05, 4.69) is 20.8 Å². The number of rotatable bonds is 12. The highest BCUT2D eigenvalue weighted by molar-refractivity contribution is 5.97. The molecule has 1 aliphatic rings. The summed E-state index contributed by atoms with van der Waals surface area (Å²) >= 11 is 0. The highest BCUT2D eigenvalue weighted by atomic mass is 16.7. The smallest absolute Gasteiger partial charge is 0.495 e. The molecule has 4 rings (SSSR count). The lowest BCUT2D eigenvalue weighted by Gasteiger charge is -2.25. The molecule has 2 N–H and O–H groups in total. The minimum Gasteiger partial charge on any atom is -0.495 e. The van der Waals surface area contributed by atoms with E-state index in [4.69, 9.17) is 28.4 Å². The fourth-order valence-electron chi connectivity index (χ4n) is 5.16. The van der Waals surface area contributed by atoms with E-state index >= 15 is 0 Å². The third-order valence-electron chi connectivity index (χ3n) is 7.21. The van der Waals surface area contributed by atoms with Crippen LogP contribution in [-0.2, 0) is 27.4 Å². The molecule has 1 heterocycles. The van der Waals surface area contributed by atoms with Crippen molar-refractivity contribution in [2.75, 3.05) is 20.8 Å². The van der Waals surface area contributed by atoms with E-state index in [1.165, 1.54) is 14.2 Å². The number of ether oxygens (including phenoxy) is 6. The number of aryl methyl sites for hydroxylation is 1. The van der Waals surface area contributed by atoms with Gasteiger partial charge in [-0.25, -0.2) is 0 Å². The van der Waals surface area contributed by atoms with Gasteiger partial charge in [-0.1, -0.05) is 51.1 Å². The van der Waals surface area contributed by atoms with Gasteiger partial charge in [0.2, 0.25) is 5.56 Å². The number of methoxy groups -OCH3 is 2. The topological polar surface area (TPSA) is 97.0 Å². The summed E-state index contributed by atoms with van der Waals surface area (Å²) in [6, 6.07) is 17.2. The molecular formula is C35H45O8+. The van der Waals surface area contributed by atoms with Crippen molar-refractivity contribution in [3.8, 4) is 23.0 Å². The number of aliphatic hydroxyl groups excluding tert-OH is 1. The Morgan fingerprint density at radius 1 is 1.00 bits per heavy atom. The van der Waals surface area contributed by atoms with Gasteiger partial charge in [0.05, 0.1) is 19.8 Å². The largest absolute Gasteiger partial charge is 0.525 e. The van der Waals surface area contributed by atoms with Crippen LogP contribution >= 0.6 is 0 Å². The highest BCUT2D eigenvalue weighted by Crippen LogP contribution is 2.44. The molecule has 0 aromatic heterocycles. The van der Waals surface area contributed by atoms with Gasteiger partial charge >= 0.3 is 5.97 Å². The molecule has 8 heteroatoms. The Morgan fingerprint density at radius 2 is 1.77 bits per heavy atom. The SMILES string of the molecule is COC(=[OH+])c1c(Oc2c(COC3CCCCO3)cc(C)cc2OCc2ccccc2)ccc(C(O)CC(C)(C)C)c1OC. The van der Waals surface area contributed by atoms with Crippen LogP contribution in [0.25, 0.3) is 0 Å². The van der Waals surface area contributed by atoms with Gasteiger partial charge in [0, 0.05) is 17.7 Å². The third kappa shape index (κ3) is 8.72. The van der Waals surface area contributed by atoms with E-state index in [0.29, 0.717) is 36.7 Å². The summed E-state index contributed by atoms with van der Waals surface area (Å²) < 4.78 is 35.9. The van der Waals surface area contributed by atoms with Crippen LogP contribution in [0.15, 0.2) is 54.6 Å². The average molecular weight is 594 g/mol. The Kier molecular flexibility index (Phi) is 11.1. The molecule has 3 aromatic rings. The maximum atomic E-state index is 11.1. The van der Waals surface area contributed by atoms with E-state index < -0.39 is 12.1 Å². The van der Waals surface area contributed by atoms with Crippen LogP contribution < -0.4 is 14.2 Å². The van der Waals surface area contributed by atoms with Crippen LogP contribution in [0.2, 0.25) is 0 Å². The summed E-state index contributed by atoms with van der Waals surface area (Å²) in [6.45, 7) is 9.39. The van der Waals surface area contributed by atoms with Gasteiger partial charge in [0.25, 0.3) is 0 Å². The lowest BCUT2D eigenvalue weighted by Crippen LogP contribution is -2.22. The molecule has 0 aliphatic carbocycles. The van der Waals surface area contributed by atoms with Crippen molar-refractivity contribution in [2.45, 2.75) is 79.0 Å². The Hall–Kier alpha value is -3.59. The number of benzene rings is 3. The van der Waals surface area contributed by atoms with Gasteiger partial charge in [-0.3, -0.25) is 0 Å². The maximum Gasteiger partial charge on any atom is 0.525 e. The predicted octanol–water partition coefficient (Wildman–Crippen LogP) is 7.38. The first-order chi connectivity index (χ1) is 20.6. The standard InChI is InChI=1S/C35H44O8/c1-23-18-25(22-42-30-14-10-11-17-40-30)32(29(19-23)41-21-24-12-8-7-9-13-24)43-28-16-15-26(27(36)20-35(2,3)4)33(38-5)31(28)34(37)39-6/h7-9,12-13,15-16,18-19,27,30,36H,10-11,14,17,20-22H2,1-6H3/p+1. The summed E-state index contributed by atoms with van der Waals surface area (Å²) in [5.41, 5.74) is 3.31. The Balaban J connectivity index is 1.76. The van der Waals surface area contributed by atoms with Gasteiger partial charge in [0.15, 0.2) is 30.6 Å². The maximum absolute atomic E-state index is 11.1. The first-order valence-electron chi connectivity index (χ1n) is 14.8. The number of hydrogen-bond donors (Lipinski definition) is 1. The van der Waals surface area contributed by atoms with Gasteiger partial charge < -0.3 is 38.3 Å². The molecule has 0 saturated carbocycles. The molecule has 8 nitrogen and oxygen atoms in total. The van der Waals surface area contributed by atoms with E-state index in [-0.39, 0.29) is 35.4 Å². The molecule has 1 fully saturated rings. The molecule has 2 unspecified atom stereocenters. The monoisotopic (exact) mass is 593 g/mol. The second kappa shape index (κ2) is 14.7. The van der Waals surface area contributed by atoms with Gasteiger partial charge in [-0.15, -0.1) is 0 Å². The molecule has 0 radical (unpaired) electrons. The van der Waals surface area contributed by atoms with E-state index in [9.17, 15) is 9.90 Å². The Bertz CT molecular complexity index is 1360. The van der Waals surface area contributed by atoms with Crippen LogP contribution in [-0.4, -0.2) is 43.0 Å². The van der Waals surface area contributed by atoms with Crippen molar-refractivity contribution in [1.29, 1.82) is 0 Å². The Labute approximate surface area is 254 Å². The van der Waals surface area contributed by atoms with Crippen molar-refractivity contribution in [3.63, 3.8) is 0 Å². The number of hydrogen-bond acceptors (Lipinski definition) is 7. The van der Waals surface area contributed by atoms with E-state index in [1.807, 2.05) is 49.4 Å². The zero-order chi connectivity index (χ0) is 31.0. The van der Waals surface area contributed by atoms with Crippen LogP contribution in [0.1, 0.15) is 80.4 Å².